The van der Waals surface area contributed by atoms with Crippen molar-refractivity contribution in [2.24, 2.45) is 5.92 Å². The van der Waals surface area contributed by atoms with Gasteiger partial charge in [-0.3, -0.25) is 9.78 Å². The lowest BCUT2D eigenvalue weighted by molar-refractivity contribution is -0.00300. The second-order valence-corrected chi connectivity index (χ2v) is 6.51. The zero-order valence-electron chi connectivity index (χ0n) is 14.3. The Labute approximate surface area is 143 Å². The maximum atomic E-state index is 12.8. The van der Waals surface area contributed by atoms with E-state index in [9.17, 15) is 4.79 Å². The van der Waals surface area contributed by atoms with Gasteiger partial charge in [0, 0.05) is 38.5 Å². The van der Waals surface area contributed by atoms with Crippen molar-refractivity contribution in [2.45, 2.75) is 25.9 Å². The van der Waals surface area contributed by atoms with Crippen LogP contribution in [0.15, 0.2) is 48.8 Å². The third-order valence-corrected chi connectivity index (χ3v) is 4.72. The van der Waals surface area contributed by atoms with Crippen molar-refractivity contribution in [2.75, 3.05) is 20.2 Å². The summed E-state index contributed by atoms with van der Waals surface area (Å²) < 4.78 is 5.68. The van der Waals surface area contributed by atoms with Crippen molar-refractivity contribution < 1.29 is 9.53 Å². The molecule has 126 valence electrons. The molecule has 0 unspecified atom stereocenters. The summed E-state index contributed by atoms with van der Waals surface area (Å²) in [6.45, 7) is 3.41. The molecule has 3 rings (SSSR count). The highest BCUT2D eigenvalue weighted by Gasteiger charge is 2.32. The molecule has 4 heteroatoms. The lowest BCUT2D eigenvalue weighted by atomic mass is 9.88. The van der Waals surface area contributed by atoms with Crippen molar-refractivity contribution in [1.82, 2.24) is 9.88 Å². The number of likely N-dealkylation sites (tertiary alicyclic amines) is 1. The summed E-state index contributed by atoms with van der Waals surface area (Å²) in [5.41, 5.74) is 2.97. The molecule has 0 bridgehead atoms. The van der Waals surface area contributed by atoms with Crippen LogP contribution in [0.2, 0.25) is 0 Å². The van der Waals surface area contributed by atoms with Crippen LogP contribution in [0.5, 0.6) is 0 Å². The highest BCUT2D eigenvalue weighted by atomic mass is 16.5. The van der Waals surface area contributed by atoms with Gasteiger partial charge in [0.2, 0.25) is 0 Å². The number of rotatable bonds is 4. The maximum Gasteiger partial charge on any atom is 0.255 e. The first-order valence-electron chi connectivity index (χ1n) is 8.45. The fourth-order valence-corrected chi connectivity index (χ4v) is 3.47. The van der Waals surface area contributed by atoms with E-state index in [0.717, 1.165) is 31.5 Å². The average molecular weight is 324 g/mol. The number of methoxy groups -OCH3 is 1. The summed E-state index contributed by atoms with van der Waals surface area (Å²) in [5.74, 6) is 0.381. The van der Waals surface area contributed by atoms with E-state index >= 15 is 0 Å². The summed E-state index contributed by atoms with van der Waals surface area (Å²) >= 11 is 0. The molecule has 0 saturated carbocycles. The molecule has 4 nitrogen and oxygen atoms in total. The largest absolute Gasteiger partial charge is 0.381 e. The molecule has 1 saturated heterocycles. The Morgan fingerprint density at radius 2 is 2.08 bits per heavy atom. The van der Waals surface area contributed by atoms with E-state index in [2.05, 4.69) is 29.2 Å². The SMILES string of the molecule is CO[C@@H]1CCN(C(=O)c2cncc(C)c2)C[C@@H]1Cc1ccccc1. The monoisotopic (exact) mass is 324 g/mol. The number of nitrogens with zero attached hydrogens (tertiary/aromatic N) is 2. The van der Waals surface area contributed by atoms with Crippen LogP contribution in [0.1, 0.15) is 27.9 Å². The number of hydrogen-bond acceptors (Lipinski definition) is 3. The standard InChI is InChI=1S/C20H24N2O2/c1-15-10-17(13-21-12-15)20(23)22-9-8-19(24-2)18(14-22)11-16-6-4-3-5-7-16/h3-7,10,12-13,18-19H,8-9,11,14H2,1-2H3/t18-,19+/m0/s1. The van der Waals surface area contributed by atoms with Gasteiger partial charge in [0.15, 0.2) is 0 Å². The summed E-state index contributed by atoms with van der Waals surface area (Å²) in [5, 5.41) is 0. The second kappa shape index (κ2) is 7.58. The van der Waals surface area contributed by atoms with Crippen LogP contribution in [0.25, 0.3) is 0 Å². The molecule has 1 fully saturated rings. The van der Waals surface area contributed by atoms with Gasteiger partial charge < -0.3 is 9.64 Å². The van der Waals surface area contributed by atoms with Crippen LogP contribution in [0, 0.1) is 12.8 Å². The van der Waals surface area contributed by atoms with E-state index in [1.807, 2.05) is 24.0 Å². The van der Waals surface area contributed by atoms with Crippen molar-refractivity contribution in [3.8, 4) is 0 Å². The molecule has 1 aliphatic rings. The second-order valence-electron chi connectivity index (χ2n) is 6.51. The first-order valence-corrected chi connectivity index (χ1v) is 8.45. The molecule has 0 aliphatic carbocycles. The lowest BCUT2D eigenvalue weighted by Gasteiger charge is -2.38. The van der Waals surface area contributed by atoms with Crippen LogP contribution in [0.3, 0.4) is 0 Å². The van der Waals surface area contributed by atoms with Crippen LogP contribution >= 0.6 is 0 Å². The number of aromatic nitrogens is 1. The molecule has 24 heavy (non-hydrogen) atoms. The quantitative estimate of drug-likeness (QED) is 0.868. The van der Waals surface area contributed by atoms with Crippen LogP contribution in [-0.2, 0) is 11.2 Å². The van der Waals surface area contributed by atoms with Crippen molar-refractivity contribution >= 4 is 5.91 Å². The molecule has 1 aromatic heterocycles. The maximum absolute atomic E-state index is 12.8. The summed E-state index contributed by atoms with van der Waals surface area (Å²) in [4.78, 5) is 18.9. The minimum absolute atomic E-state index is 0.0683. The first kappa shape index (κ1) is 16.7. The van der Waals surface area contributed by atoms with Gasteiger partial charge in [0.05, 0.1) is 11.7 Å². The third kappa shape index (κ3) is 3.82. The molecule has 2 atom stereocenters. The van der Waals surface area contributed by atoms with E-state index in [1.54, 1.807) is 19.5 Å². The minimum Gasteiger partial charge on any atom is -0.381 e. The number of ether oxygens (including phenoxy) is 1. The Morgan fingerprint density at radius 1 is 1.29 bits per heavy atom. The molecular formula is C20H24N2O2. The summed E-state index contributed by atoms with van der Waals surface area (Å²) in [6.07, 6.45) is 5.43. The van der Waals surface area contributed by atoms with Crippen molar-refractivity contribution in [1.29, 1.82) is 0 Å². The Hall–Kier alpha value is -2.20. The Bertz CT molecular complexity index is 687. The molecule has 0 N–H and O–H groups in total. The Morgan fingerprint density at radius 3 is 2.79 bits per heavy atom. The number of amides is 1. The van der Waals surface area contributed by atoms with Gasteiger partial charge in [0.1, 0.15) is 0 Å². The first-order chi connectivity index (χ1) is 11.7. The van der Waals surface area contributed by atoms with E-state index in [4.69, 9.17) is 4.74 Å². The molecule has 1 aromatic carbocycles. The van der Waals surface area contributed by atoms with Gasteiger partial charge in [-0.1, -0.05) is 30.3 Å². The zero-order valence-corrected chi connectivity index (χ0v) is 14.3. The van der Waals surface area contributed by atoms with Gasteiger partial charge in [-0.05, 0) is 37.0 Å². The topological polar surface area (TPSA) is 42.4 Å². The Balaban J connectivity index is 1.73. The predicted octanol–water partition coefficient (Wildman–Crippen LogP) is 3.11. The third-order valence-electron chi connectivity index (χ3n) is 4.72. The van der Waals surface area contributed by atoms with E-state index in [-0.39, 0.29) is 12.0 Å². The lowest BCUT2D eigenvalue weighted by Crippen LogP contribution is -2.47. The number of benzene rings is 1. The van der Waals surface area contributed by atoms with Crippen molar-refractivity contribution in [3.05, 3.63) is 65.5 Å². The average Bonchev–Trinajstić information content (AvgIpc) is 2.62. The predicted molar refractivity (Wildman–Crippen MR) is 93.9 cm³/mol. The number of hydrogen-bond donors (Lipinski definition) is 0. The minimum atomic E-state index is 0.0683. The molecule has 0 spiro atoms. The highest BCUT2D eigenvalue weighted by Crippen LogP contribution is 2.25. The molecular weight excluding hydrogens is 300 g/mol. The fourth-order valence-electron chi connectivity index (χ4n) is 3.47. The molecule has 2 aromatic rings. The van der Waals surface area contributed by atoms with E-state index in [0.29, 0.717) is 11.5 Å². The van der Waals surface area contributed by atoms with E-state index in [1.165, 1.54) is 5.56 Å². The zero-order chi connectivity index (χ0) is 16.9. The van der Waals surface area contributed by atoms with Gasteiger partial charge in [-0.25, -0.2) is 0 Å². The van der Waals surface area contributed by atoms with Crippen LogP contribution in [0.4, 0.5) is 0 Å². The van der Waals surface area contributed by atoms with E-state index < -0.39 is 0 Å². The number of carbonyl (C=O) groups excluding carboxylic acids is 1. The summed E-state index contributed by atoms with van der Waals surface area (Å²) in [6, 6.07) is 12.3. The number of pyridine rings is 1. The van der Waals surface area contributed by atoms with Gasteiger partial charge in [0.25, 0.3) is 5.91 Å². The highest BCUT2D eigenvalue weighted by molar-refractivity contribution is 5.94. The fraction of sp³-hybridized carbons (Fsp3) is 0.400. The normalized spacial score (nSPS) is 20.8. The number of aryl methyl sites for hydroxylation is 1. The smallest absolute Gasteiger partial charge is 0.255 e. The Kier molecular flexibility index (Phi) is 5.26. The van der Waals surface area contributed by atoms with Gasteiger partial charge >= 0.3 is 0 Å². The van der Waals surface area contributed by atoms with Crippen LogP contribution in [-0.4, -0.2) is 42.1 Å². The molecule has 2 heterocycles. The van der Waals surface area contributed by atoms with Crippen LogP contribution < -0.4 is 0 Å². The summed E-state index contributed by atoms with van der Waals surface area (Å²) in [7, 11) is 1.77. The molecule has 1 aliphatic heterocycles. The molecule has 1 amide bonds. The number of piperidine rings is 1. The van der Waals surface area contributed by atoms with Gasteiger partial charge in [-0.15, -0.1) is 0 Å². The number of carbonyl (C=O) groups is 1. The van der Waals surface area contributed by atoms with Crippen molar-refractivity contribution in [3.63, 3.8) is 0 Å². The van der Waals surface area contributed by atoms with Gasteiger partial charge in [-0.2, -0.15) is 0 Å². The molecule has 0 radical (unpaired) electrons.